The van der Waals surface area contributed by atoms with Crippen LogP contribution in [0.25, 0.3) is 0 Å². The van der Waals surface area contributed by atoms with Crippen LogP contribution in [0.4, 0.5) is 0 Å². The van der Waals surface area contributed by atoms with E-state index in [1.54, 1.807) is 11.3 Å². The summed E-state index contributed by atoms with van der Waals surface area (Å²) in [7, 11) is 1.49. The van der Waals surface area contributed by atoms with Crippen molar-refractivity contribution in [3.05, 3.63) is 48.9 Å². The molecule has 122 valence electrons. The van der Waals surface area contributed by atoms with Gasteiger partial charge >= 0.3 is 11.1 Å². The van der Waals surface area contributed by atoms with E-state index in [1.807, 2.05) is 0 Å². The molecule has 23 heavy (non-hydrogen) atoms. The molecular weight excluding hydrogens is 316 g/mol. The van der Waals surface area contributed by atoms with E-state index in [2.05, 4.69) is 27.5 Å². The molecular formula is C15H18N4O3S. The second-order valence-electron chi connectivity index (χ2n) is 6.25. The van der Waals surface area contributed by atoms with E-state index in [0.717, 1.165) is 30.7 Å². The van der Waals surface area contributed by atoms with Crippen LogP contribution in [0.15, 0.2) is 27.1 Å². The van der Waals surface area contributed by atoms with Crippen LogP contribution in [0.2, 0.25) is 0 Å². The summed E-state index contributed by atoms with van der Waals surface area (Å²) >= 11 is 1.75. The third-order valence-electron chi connectivity index (χ3n) is 4.61. The zero-order valence-corrected chi connectivity index (χ0v) is 13.7. The second kappa shape index (κ2) is 5.40. The predicted octanol–water partition coefficient (Wildman–Crippen LogP) is 0.178. The molecule has 1 spiro atoms. The topological polar surface area (TPSA) is 69.4 Å². The normalized spacial score (nSPS) is 24.2. The highest BCUT2D eigenvalue weighted by Crippen LogP contribution is 2.32. The summed E-state index contributed by atoms with van der Waals surface area (Å²) in [5.74, 6) is 0.527. The number of fused-ring (bicyclic) bond motifs is 1. The van der Waals surface area contributed by atoms with Crippen molar-refractivity contribution in [2.75, 3.05) is 13.1 Å². The van der Waals surface area contributed by atoms with Gasteiger partial charge in [0.1, 0.15) is 12.2 Å². The average Bonchev–Trinajstić information content (AvgIpc) is 3.18. The van der Waals surface area contributed by atoms with Crippen LogP contribution in [0.5, 0.6) is 0 Å². The van der Waals surface area contributed by atoms with Gasteiger partial charge in [-0.2, -0.15) is 5.10 Å². The first-order valence-corrected chi connectivity index (χ1v) is 8.50. The highest BCUT2D eigenvalue weighted by atomic mass is 32.1. The smallest absolute Gasteiger partial charge is 0.332 e. The SMILES string of the molecule is Cn1nc2n(c(=O)c1=O)CC1(CCN(Cc3cccs3)C1)OC2. The van der Waals surface area contributed by atoms with Crippen LogP contribution in [0.1, 0.15) is 17.1 Å². The maximum absolute atomic E-state index is 12.2. The number of aromatic nitrogens is 3. The van der Waals surface area contributed by atoms with E-state index >= 15 is 0 Å². The van der Waals surface area contributed by atoms with Gasteiger partial charge in [-0.1, -0.05) is 6.07 Å². The van der Waals surface area contributed by atoms with Gasteiger partial charge in [-0.05, 0) is 17.9 Å². The fraction of sp³-hybridized carbons (Fsp3) is 0.533. The average molecular weight is 334 g/mol. The number of thiophene rings is 1. The van der Waals surface area contributed by atoms with E-state index in [0.29, 0.717) is 12.4 Å². The van der Waals surface area contributed by atoms with Crippen LogP contribution in [0, 0.1) is 0 Å². The first-order valence-electron chi connectivity index (χ1n) is 7.62. The third-order valence-corrected chi connectivity index (χ3v) is 5.47. The van der Waals surface area contributed by atoms with Crippen molar-refractivity contribution in [2.24, 2.45) is 7.05 Å². The molecule has 0 aliphatic carbocycles. The van der Waals surface area contributed by atoms with Gasteiger partial charge in [0.25, 0.3) is 0 Å². The van der Waals surface area contributed by atoms with E-state index in [9.17, 15) is 9.59 Å². The molecule has 0 radical (unpaired) electrons. The quantitative estimate of drug-likeness (QED) is 0.733. The summed E-state index contributed by atoms with van der Waals surface area (Å²) in [5, 5.41) is 6.22. The van der Waals surface area contributed by atoms with Crippen LogP contribution in [-0.2, 0) is 31.5 Å². The van der Waals surface area contributed by atoms with Crippen molar-refractivity contribution in [2.45, 2.75) is 31.7 Å². The maximum atomic E-state index is 12.2. The van der Waals surface area contributed by atoms with Crippen LogP contribution in [-0.4, -0.2) is 37.9 Å². The molecule has 8 heteroatoms. The van der Waals surface area contributed by atoms with Crippen molar-refractivity contribution in [3.63, 3.8) is 0 Å². The molecule has 0 N–H and O–H groups in total. The molecule has 0 amide bonds. The molecule has 4 heterocycles. The summed E-state index contributed by atoms with van der Waals surface area (Å²) < 4.78 is 8.67. The van der Waals surface area contributed by atoms with Crippen molar-refractivity contribution in [3.8, 4) is 0 Å². The number of ether oxygens (including phenoxy) is 1. The fourth-order valence-corrected chi connectivity index (χ4v) is 4.14. The molecule has 1 atom stereocenters. The van der Waals surface area contributed by atoms with Crippen molar-refractivity contribution >= 4 is 11.3 Å². The van der Waals surface area contributed by atoms with Gasteiger partial charge < -0.3 is 4.74 Å². The minimum absolute atomic E-state index is 0.274. The number of aryl methyl sites for hydroxylation is 1. The first kappa shape index (κ1) is 14.8. The lowest BCUT2D eigenvalue weighted by molar-refractivity contribution is -0.0857. The molecule has 1 saturated heterocycles. The van der Waals surface area contributed by atoms with Gasteiger partial charge in [0.15, 0.2) is 5.82 Å². The standard InChI is InChI=1S/C15H18N4O3S/c1-17-13(20)14(21)19-10-15(22-8-12(19)16-17)4-5-18(9-15)7-11-3-2-6-23-11/h2-3,6H,4-5,7-10H2,1H3. The molecule has 7 nitrogen and oxygen atoms in total. The molecule has 2 aromatic heterocycles. The predicted molar refractivity (Wildman–Crippen MR) is 85.5 cm³/mol. The van der Waals surface area contributed by atoms with Gasteiger partial charge in [-0.3, -0.25) is 19.1 Å². The Hall–Kier alpha value is -1.77. The Morgan fingerprint density at radius 2 is 2.22 bits per heavy atom. The minimum atomic E-state index is -0.584. The Kier molecular flexibility index (Phi) is 3.47. The first-order chi connectivity index (χ1) is 11.1. The molecule has 4 rings (SSSR count). The molecule has 2 aliphatic rings. The molecule has 0 saturated carbocycles. The lowest BCUT2D eigenvalue weighted by atomic mass is 10.0. The lowest BCUT2D eigenvalue weighted by Crippen LogP contribution is -2.52. The highest BCUT2D eigenvalue weighted by Gasteiger charge is 2.43. The Balaban J connectivity index is 1.57. The molecule has 0 aromatic carbocycles. The summed E-state index contributed by atoms with van der Waals surface area (Å²) in [5.41, 5.74) is -1.47. The van der Waals surface area contributed by atoms with Crippen molar-refractivity contribution in [1.29, 1.82) is 0 Å². The van der Waals surface area contributed by atoms with E-state index in [4.69, 9.17) is 4.74 Å². The Morgan fingerprint density at radius 1 is 1.35 bits per heavy atom. The summed E-state index contributed by atoms with van der Waals surface area (Å²) in [6.45, 7) is 3.28. The van der Waals surface area contributed by atoms with Gasteiger partial charge in [0, 0.05) is 31.6 Å². The van der Waals surface area contributed by atoms with Gasteiger partial charge in [0.05, 0.1) is 6.54 Å². The summed E-state index contributed by atoms with van der Waals surface area (Å²) in [6.07, 6.45) is 0.861. The van der Waals surface area contributed by atoms with Gasteiger partial charge in [0.2, 0.25) is 0 Å². The minimum Gasteiger partial charge on any atom is -0.364 e. The number of likely N-dealkylation sites (tertiary alicyclic amines) is 1. The van der Waals surface area contributed by atoms with E-state index in [-0.39, 0.29) is 12.2 Å². The van der Waals surface area contributed by atoms with Gasteiger partial charge in [-0.25, -0.2) is 4.68 Å². The lowest BCUT2D eigenvalue weighted by Gasteiger charge is -2.35. The third kappa shape index (κ3) is 2.56. The van der Waals surface area contributed by atoms with Crippen LogP contribution in [0.3, 0.4) is 0 Å². The van der Waals surface area contributed by atoms with Gasteiger partial charge in [-0.15, -0.1) is 11.3 Å². The fourth-order valence-electron chi connectivity index (χ4n) is 3.40. The molecule has 0 bridgehead atoms. The number of hydrogen-bond acceptors (Lipinski definition) is 6. The Bertz CT molecular complexity index is 841. The molecule has 1 fully saturated rings. The van der Waals surface area contributed by atoms with E-state index < -0.39 is 11.1 Å². The summed E-state index contributed by atoms with van der Waals surface area (Å²) in [4.78, 5) is 27.7. The highest BCUT2D eigenvalue weighted by molar-refractivity contribution is 7.09. The van der Waals surface area contributed by atoms with Crippen molar-refractivity contribution in [1.82, 2.24) is 19.2 Å². The summed E-state index contributed by atoms with van der Waals surface area (Å²) in [6, 6.07) is 4.19. The molecule has 2 aliphatic heterocycles. The maximum Gasteiger partial charge on any atom is 0.332 e. The number of rotatable bonds is 2. The van der Waals surface area contributed by atoms with Crippen LogP contribution < -0.4 is 11.1 Å². The van der Waals surface area contributed by atoms with Crippen LogP contribution >= 0.6 is 11.3 Å². The Morgan fingerprint density at radius 3 is 3.00 bits per heavy atom. The second-order valence-corrected chi connectivity index (χ2v) is 7.28. The zero-order valence-electron chi connectivity index (χ0n) is 12.9. The molecule has 1 unspecified atom stereocenters. The van der Waals surface area contributed by atoms with E-state index in [1.165, 1.54) is 16.5 Å². The Labute approximate surface area is 136 Å². The van der Waals surface area contributed by atoms with Crippen molar-refractivity contribution < 1.29 is 4.74 Å². The number of hydrogen-bond donors (Lipinski definition) is 0. The largest absolute Gasteiger partial charge is 0.364 e. The zero-order chi connectivity index (χ0) is 16.0. The molecule has 2 aromatic rings. The monoisotopic (exact) mass is 334 g/mol. The number of nitrogens with zero attached hydrogens (tertiary/aromatic N) is 4.